The van der Waals surface area contributed by atoms with Crippen molar-refractivity contribution in [2.45, 2.75) is 6.92 Å². The molecule has 0 saturated heterocycles. The molecule has 2 aromatic rings. The lowest BCUT2D eigenvalue weighted by molar-refractivity contribution is 0.0527. The number of aliphatic hydroxyl groups excluding tert-OH is 1. The molecule has 23 heavy (non-hydrogen) atoms. The van der Waals surface area contributed by atoms with Crippen molar-refractivity contribution < 1.29 is 24.1 Å². The first-order valence-corrected chi connectivity index (χ1v) is 7.22. The number of nitrogens with zero attached hydrogens (tertiary/aromatic N) is 1. The number of aliphatic hydroxyl groups is 1. The smallest absolute Gasteiger partial charge is 0.341 e. The predicted molar refractivity (Wildman–Crippen MR) is 86.4 cm³/mol. The Hall–Kier alpha value is -2.54. The molecular formula is C16H20N2O5. The first-order valence-electron chi connectivity index (χ1n) is 7.22. The molecule has 7 heteroatoms. The van der Waals surface area contributed by atoms with Crippen LogP contribution in [0, 0.1) is 0 Å². The van der Waals surface area contributed by atoms with Crippen LogP contribution in [0.2, 0.25) is 0 Å². The molecule has 1 aromatic heterocycles. The summed E-state index contributed by atoms with van der Waals surface area (Å²) in [5.74, 6) is 0.594. The first kappa shape index (κ1) is 16.8. The van der Waals surface area contributed by atoms with E-state index in [0.29, 0.717) is 40.2 Å². The van der Waals surface area contributed by atoms with E-state index in [2.05, 4.69) is 10.3 Å². The van der Waals surface area contributed by atoms with E-state index in [-0.39, 0.29) is 13.2 Å². The third kappa shape index (κ3) is 3.45. The van der Waals surface area contributed by atoms with E-state index in [4.69, 9.17) is 19.3 Å². The number of methoxy groups -OCH3 is 2. The van der Waals surface area contributed by atoms with Crippen LogP contribution in [0.25, 0.3) is 10.9 Å². The Balaban J connectivity index is 2.66. The van der Waals surface area contributed by atoms with Gasteiger partial charge in [-0.15, -0.1) is 0 Å². The molecule has 0 aliphatic heterocycles. The molecule has 1 aromatic carbocycles. The van der Waals surface area contributed by atoms with Gasteiger partial charge in [-0.2, -0.15) is 0 Å². The van der Waals surface area contributed by atoms with E-state index < -0.39 is 5.97 Å². The van der Waals surface area contributed by atoms with Crippen LogP contribution in [0.1, 0.15) is 17.3 Å². The number of fused-ring (bicyclic) bond motifs is 1. The fourth-order valence-corrected chi connectivity index (χ4v) is 2.25. The van der Waals surface area contributed by atoms with Crippen LogP contribution in [0.3, 0.4) is 0 Å². The summed E-state index contributed by atoms with van der Waals surface area (Å²) in [4.78, 5) is 16.4. The lowest BCUT2D eigenvalue weighted by Gasteiger charge is -2.15. The highest BCUT2D eigenvalue weighted by molar-refractivity contribution is 6.05. The van der Waals surface area contributed by atoms with E-state index >= 15 is 0 Å². The van der Waals surface area contributed by atoms with Gasteiger partial charge in [0.25, 0.3) is 0 Å². The zero-order chi connectivity index (χ0) is 16.8. The number of carbonyl (C=O) groups is 1. The zero-order valence-corrected chi connectivity index (χ0v) is 13.4. The van der Waals surface area contributed by atoms with E-state index in [9.17, 15) is 4.79 Å². The van der Waals surface area contributed by atoms with Crippen molar-refractivity contribution in [1.82, 2.24) is 4.98 Å². The minimum Gasteiger partial charge on any atom is -0.493 e. The highest BCUT2D eigenvalue weighted by Crippen LogP contribution is 2.36. The molecule has 0 spiro atoms. The summed E-state index contributed by atoms with van der Waals surface area (Å²) in [6.07, 6.45) is 1.45. The molecule has 0 unspecified atom stereocenters. The SMILES string of the molecule is CCOC(=O)c1cnc2cc(OC)c(OC)cc2c1NCCO. The molecule has 2 N–H and O–H groups in total. The molecule has 0 radical (unpaired) electrons. The Labute approximate surface area is 134 Å². The second kappa shape index (κ2) is 7.64. The number of hydrogen-bond donors (Lipinski definition) is 2. The Morgan fingerprint density at radius 2 is 1.96 bits per heavy atom. The van der Waals surface area contributed by atoms with Gasteiger partial charge in [0.2, 0.25) is 0 Å². The van der Waals surface area contributed by atoms with E-state index in [1.807, 2.05) is 0 Å². The largest absolute Gasteiger partial charge is 0.493 e. The van der Waals surface area contributed by atoms with Crippen molar-refractivity contribution in [3.8, 4) is 11.5 Å². The quantitative estimate of drug-likeness (QED) is 0.752. The molecule has 0 amide bonds. The van der Waals surface area contributed by atoms with Gasteiger partial charge >= 0.3 is 5.97 Å². The molecule has 0 bridgehead atoms. The van der Waals surface area contributed by atoms with E-state index in [0.717, 1.165) is 0 Å². The van der Waals surface area contributed by atoms with Gasteiger partial charge in [-0.05, 0) is 13.0 Å². The number of carbonyl (C=O) groups excluding carboxylic acids is 1. The Morgan fingerprint density at radius 1 is 1.26 bits per heavy atom. The number of anilines is 1. The fourth-order valence-electron chi connectivity index (χ4n) is 2.25. The summed E-state index contributed by atoms with van der Waals surface area (Å²) in [5.41, 5.74) is 1.49. The van der Waals surface area contributed by atoms with Gasteiger partial charge < -0.3 is 24.6 Å². The number of esters is 1. The number of benzene rings is 1. The molecule has 1 heterocycles. The van der Waals surface area contributed by atoms with Gasteiger partial charge in [-0.3, -0.25) is 4.98 Å². The minimum absolute atomic E-state index is 0.0701. The van der Waals surface area contributed by atoms with Crippen LogP contribution in [0.4, 0.5) is 5.69 Å². The van der Waals surface area contributed by atoms with Gasteiger partial charge in [-0.25, -0.2) is 4.79 Å². The van der Waals surface area contributed by atoms with Crippen LogP contribution < -0.4 is 14.8 Å². The molecule has 0 atom stereocenters. The summed E-state index contributed by atoms with van der Waals surface area (Å²) in [7, 11) is 3.08. The molecule has 0 aliphatic rings. The van der Waals surface area contributed by atoms with Crippen molar-refractivity contribution in [2.24, 2.45) is 0 Å². The average molecular weight is 320 g/mol. The Morgan fingerprint density at radius 3 is 2.57 bits per heavy atom. The third-order valence-corrected chi connectivity index (χ3v) is 3.28. The van der Waals surface area contributed by atoms with Crippen molar-refractivity contribution in [3.05, 3.63) is 23.9 Å². The normalized spacial score (nSPS) is 10.4. The summed E-state index contributed by atoms with van der Waals surface area (Å²) >= 11 is 0. The standard InChI is InChI=1S/C16H20N2O5/c1-4-23-16(20)11-9-18-12-8-14(22-3)13(21-2)7-10(12)15(11)17-5-6-19/h7-9,19H,4-6H2,1-3H3,(H,17,18). The van der Waals surface area contributed by atoms with Crippen molar-refractivity contribution in [3.63, 3.8) is 0 Å². The summed E-state index contributed by atoms with van der Waals surface area (Å²) in [5, 5.41) is 12.8. The van der Waals surface area contributed by atoms with Gasteiger partial charge in [0.1, 0.15) is 5.56 Å². The van der Waals surface area contributed by atoms with Crippen molar-refractivity contribution in [2.75, 3.05) is 39.3 Å². The summed E-state index contributed by atoms with van der Waals surface area (Å²) in [6.45, 7) is 2.22. The number of hydrogen-bond acceptors (Lipinski definition) is 7. The van der Waals surface area contributed by atoms with Gasteiger partial charge in [0.05, 0.1) is 38.6 Å². The maximum Gasteiger partial charge on any atom is 0.341 e. The second-order valence-corrected chi connectivity index (χ2v) is 4.64. The van der Waals surface area contributed by atoms with Crippen LogP contribution >= 0.6 is 0 Å². The molecule has 124 valence electrons. The van der Waals surface area contributed by atoms with E-state index in [1.54, 1.807) is 26.2 Å². The number of ether oxygens (including phenoxy) is 3. The highest BCUT2D eigenvalue weighted by atomic mass is 16.5. The minimum atomic E-state index is -0.475. The van der Waals surface area contributed by atoms with Crippen molar-refractivity contribution >= 4 is 22.6 Å². The molecule has 0 fully saturated rings. The Bertz CT molecular complexity index is 702. The fraction of sp³-hybridized carbons (Fsp3) is 0.375. The lowest BCUT2D eigenvalue weighted by Crippen LogP contribution is -2.13. The van der Waals surface area contributed by atoms with Gasteiger partial charge in [0.15, 0.2) is 11.5 Å². The maximum atomic E-state index is 12.1. The Kier molecular flexibility index (Phi) is 5.59. The number of pyridine rings is 1. The van der Waals surface area contributed by atoms with Crippen LogP contribution in [0.15, 0.2) is 18.3 Å². The number of nitrogens with one attached hydrogen (secondary N) is 1. The monoisotopic (exact) mass is 320 g/mol. The molecule has 2 rings (SSSR count). The number of rotatable bonds is 7. The average Bonchev–Trinajstić information content (AvgIpc) is 2.58. The molecular weight excluding hydrogens is 300 g/mol. The van der Waals surface area contributed by atoms with Gasteiger partial charge in [0, 0.05) is 24.2 Å². The lowest BCUT2D eigenvalue weighted by atomic mass is 10.1. The number of aromatic nitrogens is 1. The van der Waals surface area contributed by atoms with Crippen molar-refractivity contribution in [1.29, 1.82) is 0 Å². The topological polar surface area (TPSA) is 89.9 Å². The maximum absolute atomic E-state index is 12.1. The first-order chi connectivity index (χ1) is 11.2. The van der Waals surface area contributed by atoms with Crippen LogP contribution in [-0.2, 0) is 4.74 Å². The van der Waals surface area contributed by atoms with Crippen LogP contribution in [-0.4, -0.2) is 50.0 Å². The highest BCUT2D eigenvalue weighted by Gasteiger charge is 2.18. The summed E-state index contributed by atoms with van der Waals surface area (Å²) in [6, 6.07) is 3.47. The third-order valence-electron chi connectivity index (χ3n) is 3.28. The second-order valence-electron chi connectivity index (χ2n) is 4.64. The molecule has 0 saturated carbocycles. The predicted octanol–water partition coefficient (Wildman–Crippen LogP) is 1.83. The van der Waals surface area contributed by atoms with Gasteiger partial charge in [-0.1, -0.05) is 0 Å². The molecule has 0 aliphatic carbocycles. The van der Waals surface area contributed by atoms with Crippen LogP contribution in [0.5, 0.6) is 11.5 Å². The zero-order valence-electron chi connectivity index (χ0n) is 13.4. The molecule has 7 nitrogen and oxygen atoms in total. The summed E-state index contributed by atoms with van der Waals surface area (Å²) < 4.78 is 15.6. The van der Waals surface area contributed by atoms with E-state index in [1.165, 1.54) is 13.3 Å².